The van der Waals surface area contributed by atoms with Crippen molar-refractivity contribution in [2.45, 2.75) is 19.9 Å². The van der Waals surface area contributed by atoms with Crippen molar-refractivity contribution in [2.24, 2.45) is 0 Å². The van der Waals surface area contributed by atoms with Gasteiger partial charge in [0.1, 0.15) is 18.2 Å². The molecule has 1 N–H and O–H groups in total. The number of ether oxygens (including phenoxy) is 1. The molecule has 3 aromatic rings. The van der Waals surface area contributed by atoms with Gasteiger partial charge in [-0.05, 0) is 32.0 Å². The minimum atomic E-state index is -0.636. The van der Waals surface area contributed by atoms with Crippen LogP contribution in [0.5, 0.6) is 0 Å². The molecule has 1 aliphatic rings. The number of hydrogen-bond acceptors (Lipinski definition) is 6. The average molecular weight is 351 g/mol. The van der Waals surface area contributed by atoms with E-state index in [2.05, 4.69) is 15.3 Å². The largest absolute Gasteiger partial charge is 0.461 e. The Hall–Kier alpha value is -3.42. The summed E-state index contributed by atoms with van der Waals surface area (Å²) in [6.07, 6.45) is 6.03. The molecule has 1 unspecified atom stereocenters. The standard InChI is InChI=1S/C18H17N5O3/c1-3-26-18(25)16-11(2)23-15-8-12(22-7-6-19-10-22)4-5-13(15)20-14(9-24)17(23)21-16/h4-10,14,20H,3H2,1-2H3. The smallest absolute Gasteiger partial charge is 0.358 e. The number of imidazole rings is 2. The summed E-state index contributed by atoms with van der Waals surface area (Å²) in [5, 5.41) is 3.16. The number of anilines is 1. The molecule has 0 aliphatic carbocycles. The van der Waals surface area contributed by atoms with E-state index in [0.717, 1.165) is 23.3 Å². The van der Waals surface area contributed by atoms with E-state index in [1.54, 1.807) is 26.4 Å². The summed E-state index contributed by atoms with van der Waals surface area (Å²) < 4.78 is 8.80. The molecule has 0 spiro atoms. The van der Waals surface area contributed by atoms with Crippen LogP contribution >= 0.6 is 0 Å². The van der Waals surface area contributed by atoms with Crippen molar-refractivity contribution in [1.29, 1.82) is 0 Å². The van der Waals surface area contributed by atoms with E-state index in [1.807, 2.05) is 33.5 Å². The van der Waals surface area contributed by atoms with Crippen molar-refractivity contribution in [1.82, 2.24) is 19.1 Å². The fourth-order valence-corrected chi connectivity index (χ4v) is 3.16. The number of aromatic nitrogens is 4. The highest BCUT2D eigenvalue weighted by molar-refractivity contribution is 5.90. The molecule has 1 atom stereocenters. The fraction of sp³-hybridized carbons (Fsp3) is 0.222. The zero-order valence-corrected chi connectivity index (χ0v) is 14.3. The van der Waals surface area contributed by atoms with Crippen molar-refractivity contribution < 1.29 is 14.3 Å². The number of benzene rings is 1. The quantitative estimate of drug-likeness (QED) is 0.572. The van der Waals surface area contributed by atoms with Gasteiger partial charge in [-0.3, -0.25) is 4.57 Å². The second-order valence-corrected chi connectivity index (χ2v) is 5.89. The molecule has 0 saturated heterocycles. The van der Waals surface area contributed by atoms with Crippen LogP contribution in [-0.4, -0.2) is 38.0 Å². The van der Waals surface area contributed by atoms with E-state index in [4.69, 9.17) is 4.74 Å². The molecule has 26 heavy (non-hydrogen) atoms. The molecule has 1 aromatic carbocycles. The maximum absolute atomic E-state index is 12.2. The Morgan fingerprint density at radius 2 is 2.27 bits per heavy atom. The third kappa shape index (κ3) is 2.38. The van der Waals surface area contributed by atoms with Gasteiger partial charge in [0.25, 0.3) is 0 Å². The molecule has 1 aliphatic heterocycles. The van der Waals surface area contributed by atoms with E-state index in [0.29, 0.717) is 11.5 Å². The van der Waals surface area contributed by atoms with Gasteiger partial charge in [-0.2, -0.15) is 0 Å². The Labute approximate surface area is 149 Å². The van der Waals surface area contributed by atoms with E-state index < -0.39 is 12.0 Å². The number of rotatable bonds is 4. The van der Waals surface area contributed by atoms with Gasteiger partial charge in [0.15, 0.2) is 5.69 Å². The van der Waals surface area contributed by atoms with Crippen LogP contribution in [0.3, 0.4) is 0 Å². The number of hydrogen-bond donors (Lipinski definition) is 1. The molecule has 0 amide bonds. The van der Waals surface area contributed by atoms with Gasteiger partial charge in [-0.15, -0.1) is 0 Å². The van der Waals surface area contributed by atoms with Crippen LogP contribution in [0.1, 0.15) is 35.0 Å². The second kappa shape index (κ2) is 6.14. The lowest BCUT2D eigenvalue weighted by molar-refractivity contribution is -0.108. The van der Waals surface area contributed by atoms with Crippen molar-refractivity contribution >= 4 is 17.9 Å². The monoisotopic (exact) mass is 351 g/mol. The Bertz CT molecular complexity index is 991. The molecule has 2 aromatic heterocycles. The van der Waals surface area contributed by atoms with Gasteiger partial charge in [-0.1, -0.05) is 0 Å². The Balaban J connectivity index is 1.90. The van der Waals surface area contributed by atoms with Crippen LogP contribution in [0.25, 0.3) is 11.4 Å². The van der Waals surface area contributed by atoms with Crippen molar-refractivity contribution in [2.75, 3.05) is 11.9 Å². The lowest BCUT2D eigenvalue weighted by Crippen LogP contribution is -2.23. The second-order valence-electron chi connectivity index (χ2n) is 5.89. The van der Waals surface area contributed by atoms with Crippen LogP contribution in [0, 0.1) is 6.92 Å². The number of nitrogens with zero attached hydrogens (tertiary/aromatic N) is 4. The minimum absolute atomic E-state index is 0.219. The van der Waals surface area contributed by atoms with E-state index in [9.17, 15) is 9.59 Å². The summed E-state index contributed by atoms with van der Waals surface area (Å²) in [6.45, 7) is 3.80. The average Bonchev–Trinajstić information content (AvgIpc) is 3.29. The third-order valence-corrected chi connectivity index (χ3v) is 4.35. The van der Waals surface area contributed by atoms with Crippen molar-refractivity contribution in [3.63, 3.8) is 0 Å². The van der Waals surface area contributed by atoms with E-state index in [1.165, 1.54) is 0 Å². The Morgan fingerprint density at radius 1 is 1.42 bits per heavy atom. The number of nitrogens with one attached hydrogen (secondary N) is 1. The predicted octanol–water partition coefficient (Wildman–Crippen LogP) is 2.21. The summed E-state index contributed by atoms with van der Waals surface area (Å²) in [5.74, 6) is -0.0281. The number of carbonyl (C=O) groups is 2. The first kappa shape index (κ1) is 16.1. The highest BCUT2D eigenvalue weighted by Crippen LogP contribution is 2.35. The SMILES string of the molecule is CCOC(=O)c1nc2n(c1C)-c1cc(-n3ccnc3)ccc1NC2C=O. The summed E-state index contributed by atoms with van der Waals surface area (Å²) in [5.41, 5.74) is 3.36. The van der Waals surface area contributed by atoms with Crippen LogP contribution in [0.4, 0.5) is 5.69 Å². The minimum Gasteiger partial charge on any atom is -0.461 e. The molecule has 8 heteroatoms. The summed E-state index contributed by atoms with van der Waals surface area (Å²) >= 11 is 0. The fourth-order valence-electron chi connectivity index (χ4n) is 3.16. The van der Waals surface area contributed by atoms with Crippen LogP contribution < -0.4 is 5.32 Å². The van der Waals surface area contributed by atoms with Crippen LogP contribution in [0.2, 0.25) is 0 Å². The lowest BCUT2D eigenvalue weighted by Gasteiger charge is -2.26. The van der Waals surface area contributed by atoms with Crippen LogP contribution in [-0.2, 0) is 9.53 Å². The van der Waals surface area contributed by atoms with Gasteiger partial charge >= 0.3 is 5.97 Å². The van der Waals surface area contributed by atoms with Gasteiger partial charge in [0.2, 0.25) is 0 Å². The Morgan fingerprint density at radius 3 is 2.96 bits per heavy atom. The summed E-state index contributed by atoms with van der Waals surface area (Å²) in [7, 11) is 0. The molecular weight excluding hydrogens is 334 g/mol. The number of fused-ring (bicyclic) bond motifs is 3. The van der Waals surface area contributed by atoms with Gasteiger partial charge in [0, 0.05) is 18.1 Å². The van der Waals surface area contributed by atoms with Gasteiger partial charge in [0.05, 0.1) is 30.0 Å². The molecule has 4 rings (SSSR count). The number of aldehydes is 1. The highest BCUT2D eigenvalue weighted by Gasteiger charge is 2.31. The number of carbonyl (C=O) groups excluding carboxylic acids is 2. The molecule has 132 valence electrons. The van der Waals surface area contributed by atoms with Crippen molar-refractivity contribution in [3.05, 3.63) is 54.1 Å². The zero-order chi connectivity index (χ0) is 18.3. The molecular formula is C18H17N5O3. The zero-order valence-electron chi connectivity index (χ0n) is 14.3. The van der Waals surface area contributed by atoms with Crippen LogP contribution in [0.15, 0.2) is 36.9 Å². The lowest BCUT2D eigenvalue weighted by atomic mass is 10.1. The summed E-state index contributed by atoms with van der Waals surface area (Å²) in [6, 6.07) is 5.15. The Kier molecular flexibility index (Phi) is 3.80. The topological polar surface area (TPSA) is 91.0 Å². The van der Waals surface area contributed by atoms with E-state index in [-0.39, 0.29) is 12.3 Å². The first-order chi connectivity index (χ1) is 12.6. The molecule has 0 radical (unpaired) electrons. The molecule has 8 nitrogen and oxygen atoms in total. The third-order valence-electron chi connectivity index (χ3n) is 4.35. The first-order valence-electron chi connectivity index (χ1n) is 8.25. The maximum atomic E-state index is 12.2. The predicted molar refractivity (Wildman–Crippen MR) is 93.8 cm³/mol. The van der Waals surface area contributed by atoms with Gasteiger partial charge in [-0.25, -0.2) is 14.8 Å². The molecule has 3 heterocycles. The molecule has 0 bridgehead atoms. The summed E-state index contributed by atoms with van der Waals surface area (Å²) in [4.78, 5) is 32.2. The van der Waals surface area contributed by atoms with Crippen molar-refractivity contribution in [3.8, 4) is 11.4 Å². The highest BCUT2D eigenvalue weighted by atomic mass is 16.5. The normalized spacial score (nSPS) is 14.9. The first-order valence-corrected chi connectivity index (χ1v) is 8.25. The molecule has 0 saturated carbocycles. The van der Waals surface area contributed by atoms with E-state index >= 15 is 0 Å². The van der Waals surface area contributed by atoms with Gasteiger partial charge < -0.3 is 19.4 Å². The number of esters is 1. The molecule has 0 fully saturated rings. The maximum Gasteiger partial charge on any atom is 0.358 e.